The number of rotatable bonds is 4. The van der Waals surface area contributed by atoms with Gasteiger partial charge in [-0.3, -0.25) is 9.59 Å². The average Bonchev–Trinajstić information content (AvgIpc) is 2.64. The molecule has 0 radical (unpaired) electrons. The summed E-state index contributed by atoms with van der Waals surface area (Å²) in [6.45, 7) is 0.394. The van der Waals surface area contributed by atoms with Crippen LogP contribution >= 0.6 is 0 Å². The Morgan fingerprint density at radius 1 is 1.04 bits per heavy atom. The Hall–Kier alpha value is -3.65. The third-order valence-electron chi connectivity index (χ3n) is 3.71. The Kier molecular flexibility index (Phi) is 4.72. The van der Waals surface area contributed by atoms with E-state index in [1.807, 2.05) is 36.4 Å². The predicted molar refractivity (Wildman–Crippen MR) is 95.4 cm³/mol. The number of carbonyl (C=O) groups excluding carboxylic acids is 1. The van der Waals surface area contributed by atoms with Crippen LogP contribution in [0.2, 0.25) is 0 Å². The van der Waals surface area contributed by atoms with Crippen molar-refractivity contribution >= 4 is 11.6 Å². The SMILES string of the molecule is N#Cc1cccc(NC(=O)c2cccn(Cc3ccccc3)c2=O)c1. The molecule has 122 valence electrons. The van der Waals surface area contributed by atoms with Gasteiger partial charge in [0.2, 0.25) is 0 Å². The molecule has 0 aliphatic heterocycles. The zero-order valence-corrected chi connectivity index (χ0v) is 13.3. The van der Waals surface area contributed by atoms with Gasteiger partial charge in [0.1, 0.15) is 5.56 Å². The summed E-state index contributed by atoms with van der Waals surface area (Å²) in [5.41, 5.74) is 1.58. The minimum absolute atomic E-state index is 0.0563. The molecule has 0 spiro atoms. The van der Waals surface area contributed by atoms with Gasteiger partial charge < -0.3 is 9.88 Å². The maximum absolute atomic E-state index is 12.6. The molecule has 5 nitrogen and oxygen atoms in total. The summed E-state index contributed by atoms with van der Waals surface area (Å²) in [4.78, 5) is 25.0. The summed E-state index contributed by atoms with van der Waals surface area (Å²) in [7, 11) is 0. The first kappa shape index (κ1) is 16.2. The first-order chi connectivity index (χ1) is 12.2. The van der Waals surface area contributed by atoms with E-state index in [0.717, 1.165) is 5.56 Å². The molecule has 0 aliphatic carbocycles. The summed E-state index contributed by atoms with van der Waals surface area (Å²) in [5.74, 6) is -0.498. The molecular formula is C20H15N3O2. The lowest BCUT2D eigenvalue weighted by Crippen LogP contribution is -2.29. The van der Waals surface area contributed by atoms with Gasteiger partial charge in [-0.2, -0.15) is 5.26 Å². The fraction of sp³-hybridized carbons (Fsp3) is 0.0500. The van der Waals surface area contributed by atoms with Gasteiger partial charge in [-0.25, -0.2) is 0 Å². The van der Waals surface area contributed by atoms with Crippen LogP contribution in [0.4, 0.5) is 5.69 Å². The van der Waals surface area contributed by atoms with Crippen molar-refractivity contribution in [2.75, 3.05) is 5.32 Å². The smallest absolute Gasteiger partial charge is 0.263 e. The van der Waals surface area contributed by atoms with Gasteiger partial charge in [0.15, 0.2) is 0 Å². The number of carbonyl (C=O) groups is 1. The van der Waals surface area contributed by atoms with E-state index in [2.05, 4.69) is 5.32 Å². The van der Waals surface area contributed by atoms with Gasteiger partial charge in [0, 0.05) is 11.9 Å². The van der Waals surface area contributed by atoms with Crippen LogP contribution in [0.25, 0.3) is 0 Å². The Labute approximate surface area is 144 Å². The minimum Gasteiger partial charge on any atom is -0.322 e. The zero-order valence-electron chi connectivity index (χ0n) is 13.3. The van der Waals surface area contributed by atoms with Gasteiger partial charge in [-0.05, 0) is 35.9 Å². The highest BCUT2D eigenvalue weighted by atomic mass is 16.2. The number of pyridine rings is 1. The molecule has 0 unspecified atom stereocenters. The van der Waals surface area contributed by atoms with Crippen molar-refractivity contribution in [3.05, 3.63) is 100.0 Å². The van der Waals surface area contributed by atoms with Crippen molar-refractivity contribution in [2.24, 2.45) is 0 Å². The number of amides is 1. The van der Waals surface area contributed by atoms with E-state index < -0.39 is 5.91 Å². The van der Waals surface area contributed by atoms with E-state index in [0.29, 0.717) is 17.8 Å². The quantitative estimate of drug-likeness (QED) is 0.799. The molecule has 1 heterocycles. The highest BCUT2D eigenvalue weighted by Gasteiger charge is 2.12. The van der Waals surface area contributed by atoms with Crippen LogP contribution in [-0.4, -0.2) is 10.5 Å². The second-order valence-electron chi connectivity index (χ2n) is 5.49. The molecule has 0 saturated carbocycles. The fourth-order valence-corrected chi connectivity index (χ4v) is 2.48. The minimum atomic E-state index is -0.498. The summed E-state index contributed by atoms with van der Waals surface area (Å²) in [6.07, 6.45) is 1.66. The normalized spacial score (nSPS) is 10.0. The van der Waals surface area contributed by atoms with E-state index in [1.54, 1.807) is 36.5 Å². The van der Waals surface area contributed by atoms with Crippen LogP contribution in [0.1, 0.15) is 21.5 Å². The molecule has 1 amide bonds. The number of benzene rings is 2. The zero-order chi connectivity index (χ0) is 17.6. The number of hydrogen-bond donors (Lipinski definition) is 1. The van der Waals surface area contributed by atoms with Crippen LogP contribution in [0.3, 0.4) is 0 Å². The van der Waals surface area contributed by atoms with E-state index in [9.17, 15) is 9.59 Å². The lowest BCUT2D eigenvalue weighted by atomic mass is 10.2. The average molecular weight is 329 g/mol. The molecule has 3 aromatic rings. The Morgan fingerprint density at radius 3 is 2.60 bits per heavy atom. The molecule has 0 aliphatic rings. The second-order valence-corrected chi connectivity index (χ2v) is 5.49. The van der Waals surface area contributed by atoms with Crippen molar-refractivity contribution in [3.63, 3.8) is 0 Å². The molecular weight excluding hydrogens is 314 g/mol. The van der Waals surface area contributed by atoms with Gasteiger partial charge in [0.05, 0.1) is 18.2 Å². The maximum Gasteiger partial charge on any atom is 0.263 e. The Morgan fingerprint density at radius 2 is 1.84 bits per heavy atom. The Balaban J connectivity index is 1.85. The summed E-state index contributed by atoms with van der Waals surface area (Å²) in [5, 5.41) is 11.6. The van der Waals surface area contributed by atoms with Crippen LogP contribution in [0.15, 0.2) is 77.7 Å². The van der Waals surface area contributed by atoms with Crippen molar-refractivity contribution in [2.45, 2.75) is 6.54 Å². The van der Waals surface area contributed by atoms with E-state index in [4.69, 9.17) is 5.26 Å². The standard InChI is InChI=1S/C20H15N3O2/c21-13-16-8-4-9-17(12-16)22-19(24)18-10-5-11-23(20(18)25)14-15-6-2-1-3-7-15/h1-12H,14H2,(H,22,24). The summed E-state index contributed by atoms with van der Waals surface area (Å²) < 4.78 is 1.50. The number of hydrogen-bond acceptors (Lipinski definition) is 3. The number of nitriles is 1. The lowest BCUT2D eigenvalue weighted by molar-refractivity contribution is 0.102. The third kappa shape index (κ3) is 3.82. The molecule has 0 bridgehead atoms. The molecule has 0 atom stereocenters. The fourth-order valence-electron chi connectivity index (χ4n) is 2.48. The van der Waals surface area contributed by atoms with Crippen LogP contribution in [0.5, 0.6) is 0 Å². The summed E-state index contributed by atoms with van der Waals surface area (Å²) >= 11 is 0. The lowest BCUT2D eigenvalue weighted by Gasteiger charge is -2.09. The van der Waals surface area contributed by atoms with Crippen LogP contribution < -0.4 is 10.9 Å². The molecule has 0 saturated heterocycles. The van der Waals surface area contributed by atoms with E-state index >= 15 is 0 Å². The van der Waals surface area contributed by atoms with Crippen molar-refractivity contribution in [3.8, 4) is 6.07 Å². The highest BCUT2D eigenvalue weighted by molar-refractivity contribution is 6.04. The maximum atomic E-state index is 12.6. The molecule has 5 heteroatoms. The van der Waals surface area contributed by atoms with Crippen molar-refractivity contribution in [1.82, 2.24) is 4.57 Å². The predicted octanol–water partition coefficient (Wildman–Crippen LogP) is 3.02. The monoisotopic (exact) mass is 329 g/mol. The first-order valence-corrected chi connectivity index (χ1v) is 7.72. The van der Waals surface area contributed by atoms with Gasteiger partial charge in [0.25, 0.3) is 11.5 Å². The van der Waals surface area contributed by atoms with Gasteiger partial charge >= 0.3 is 0 Å². The molecule has 3 rings (SSSR count). The van der Waals surface area contributed by atoms with Crippen LogP contribution in [-0.2, 0) is 6.54 Å². The topological polar surface area (TPSA) is 74.9 Å². The molecule has 2 aromatic carbocycles. The molecule has 25 heavy (non-hydrogen) atoms. The molecule has 0 fully saturated rings. The van der Waals surface area contributed by atoms with Crippen LogP contribution in [0, 0.1) is 11.3 Å². The number of anilines is 1. The number of aromatic nitrogens is 1. The molecule has 1 N–H and O–H groups in total. The third-order valence-corrected chi connectivity index (χ3v) is 3.71. The summed E-state index contributed by atoms with van der Waals surface area (Å²) in [6, 6.07) is 21.3. The number of nitrogens with one attached hydrogen (secondary N) is 1. The largest absolute Gasteiger partial charge is 0.322 e. The second kappa shape index (κ2) is 7.28. The van der Waals surface area contributed by atoms with Gasteiger partial charge in [-0.1, -0.05) is 36.4 Å². The van der Waals surface area contributed by atoms with Gasteiger partial charge in [-0.15, -0.1) is 0 Å². The van der Waals surface area contributed by atoms with Crippen molar-refractivity contribution < 1.29 is 4.79 Å². The number of nitrogens with zero attached hydrogens (tertiary/aromatic N) is 2. The van der Waals surface area contributed by atoms with E-state index in [1.165, 1.54) is 10.6 Å². The van der Waals surface area contributed by atoms with Crippen molar-refractivity contribution in [1.29, 1.82) is 5.26 Å². The Bertz CT molecular complexity index is 1000. The van der Waals surface area contributed by atoms with E-state index in [-0.39, 0.29) is 11.1 Å². The highest BCUT2D eigenvalue weighted by Crippen LogP contribution is 2.11. The first-order valence-electron chi connectivity index (χ1n) is 7.72. The molecule has 1 aromatic heterocycles.